The zero-order valence-corrected chi connectivity index (χ0v) is 22.2. The summed E-state index contributed by atoms with van der Waals surface area (Å²) in [7, 11) is 0. The second-order valence-corrected chi connectivity index (χ2v) is 13.5. The molecule has 0 aliphatic heterocycles. The molecule has 8 atom stereocenters. The van der Waals surface area contributed by atoms with Crippen LogP contribution in [0.2, 0.25) is 0 Å². The van der Waals surface area contributed by atoms with Gasteiger partial charge in [-0.05, 0) is 112 Å². The highest BCUT2D eigenvalue weighted by molar-refractivity contribution is 5.27. The summed E-state index contributed by atoms with van der Waals surface area (Å²) in [5, 5.41) is 22.8. The molecule has 2 N–H and O–H groups in total. The third-order valence-electron chi connectivity index (χ3n) is 11.6. The molecule has 2 heterocycles. The lowest BCUT2D eigenvalue weighted by molar-refractivity contribution is -0.202. The summed E-state index contributed by atoms with van der Waals surface area (Å²) in [5.41, 5.74) is -0.00441. The van der Waals surface area contributed by atoms with Crippen LogP contribution in [0.25, 0.3) is 0 Å². The Morgan fingerprint density at radius 3 is 2.56 bits per heavy atom. The van der Waals surface area contributed by atoms with Crippen molar-refractivity contribution in [2.75, 3.05) is 0 Å². The second kappa shape index (κ2) is 8.04. The number of fused-ring (bicyclic) bond motifs is 5. The lowest BCUT2D eigenvalue weighted by Gasteiger charge is -2.63. The molecule has 0 aromatic carbocycles. The zero-order chi connectivity index (χ0) is 25.5. The van der Waals surface area contributed by atoms with Crippen molar-refractivity contribution in [2.24, 2.45) is 28.6 Å². The van der Waals surface area contributed by atoms with Crippen LogP contribution in [0.5, 0.6) is 0 Å². The fourth-order valence-electron chi connectivity index (χ4n) is 9.43. The molecule has 4 fully saturated rings. The molecule has 2 aromatic rings. The van der Waals surface area contributed by atoms with Gasteiger partial charge in [0.15, 0.2) is 0 Å². The molecule has 4 aliphatic rings. The van der Waals surface area contributed by atoms with Gasteiger partial charge in [0.1, 0.15) is 5.60 Å². The third kappa shape index (κ3) is 3.43. The number of hydrogen-bond donors (Lipinski definition) is 2. The number of hydrogen-bond acceptors (Lipinski definition) is 5. The van der Waals surface area contributed by atoms with Crippen molar-refractivity contribution in [1.29, 1.82) is 0 Å². The predicted molar refractivity (Wildman–Crippen MR) is 137 cm³/mol. The van der Waals surface area contributed by atoms with Crippen LogP contribution in [0.15, 0.2) is 40.1 Å². The Balaban J connectivity index is 1.23. The minimum Gasteiger partial charge on any atom is -0.431 e. The number of imidazole rings is 1. The predicted octanol–water partition coefficient (Wildman–Crippen LogP) is 5.55. The summed E-state index contributed by atoms with van der Waals surface area (Å²) in [5.74, 6) is 1.78. The molecule has 4 aliphatic carbocycles. The van der Waals surface area contributed by atoms with E-state index in [1.54, 1.807) is 20.1 Å². The summed E-state index contributed by atoms with van der Waals surface area (Å²) in [4.78, 5) is 16.0. The Labute approximate surface area is 214 Å². The van der Waals surface area contributed by atoms with Crippen molar-refractivity contribution in [1.82, 2.24) is 9.55 Å². The topological polar surface area (TPSA) is 88.5 Å². The maximum atomic E-state index is 12.4. The molecule has 6 nitrogen and oxygen atoms in total. The average molecular weight is 495 g/mol. The normalized spacial score (nSPS) is 42.4. The number of nitrogens with zero attached hydrogens (tertiary/aromatic N) is 2. The molecule has 0 saturated heterocycles. The number of rotatable bonds is 3. The first-order valence-electron chi connectivity index (χ1n) is 14.0. The molecule has 4 saturated carbocycles. The molecule has 0 radical (unpaired) electrons. The van der Waals surface area contributed by atoms with Crippen molar-refractivity contribution in [3.05, 3.63) is 52.6 Å². The average Bonchev–Trinajstić information content (AvgIpc) is 3.43. The van der Waals surface area contributed by atoms with Gasteiger partial charge in [-0.1, -0.05) is 13.8 Å². The van der Waals surface area contributed by atoms with E-state index >= 15 is 0 Å². The zero-order valence-electron chi connectivity index (χ0n) is 22.2. The van der Waals surface area contributed by atoms with Crippen LogP contribution in [-0.4, -0.2) is 25.4 Å². The van der Waals surface area contributed by atoms with E-state index in [4.69, 9.17) is 4.42 Å². The Hall–Kier alpha value is -1.92. The van der Waals surface area contributed by atoms with E-state index in [1.807, 2.05) is 18.6 Å². The maximum Gasteiger partial charge on any atom is 0.335 e. The Bertz CT molecular complexity index is 1180. The molecule has 0 bridgehead atoms. The molecular weight excluding hydrogens is 452 g/mol. The molecule has 6 rings (SSSR count). The largest absolute Gasteiger partial charge is 0.431 e. The van der Waals surface area contributed by atoms with Gasteiger partial charge in [-0.3, -0.25) is 0 Å². The van der Waals surface area contributed by atoms with Gasteiger partial charge in [0.05, 0.1) is 23.9 Å². The molecule has 36 heavy (non-hydrogen) atoms. The van der Waals surface area contributed by atoms with Gasteiger partial charge in [0, 0.05) is 23.7 Å². The molecule has 196 valence electrons. The van der Waals surface area contributed by atoms with Crippen LogP contribution in [0.3, 0.4) is 0 Å². The van der Waals surface area contributed by atoms with Gasteiger partial charge in [-0.2, -0.15) is 0 Å². The van der Waals surface area contributed by atoms with E-state index < -0.39 is 11.2 Å². The van der Waals surface area contributed by atoms with Crippen molar-refractivity contribution in [3.63, 3.8) is 0 Å². The van der Waals surface area contributed by atoms with Crippen LogP contribution < -0.4 is 5.63 Å². The van der Waals surface area contributed by atoms with Crippen molar-refractivity contribution >= 4 is 0 Å². The lowest BCUT2D eigenvalue weighted by atomic mass is 9.43. The first-order chi connectivity index (χ1) is 17.0. The van der Waals surface area contributed by atoms with Gasteiger partial charge in [0.2, 0.25) is 0 Å². The number of aliphatic hydroxyl groups is 2. The SMILES string of the molecule is CC(C)(O)c1cn([C@H]2CC[C@@]3(C)[C@H](CC[C@@H]4[C@@H]3CC[C@]3(C)[C@@H](c5ccc(=O)oc5)CC[C@]43O)C2)cn1. The Morgan fingerprint density at radius 2 is 1.86 bits per heavy atom. The van der Waals surface area contributed by atoms with Gasteiger partial charge < -0.3 is 19.2 Å². The van der Waals surface area contributed by atoms with Gasteiger partial charge in [0.25, 0.3) is 0 Å². The lowest BCUT2D eigenvalue weighted by Crippen LogP contribution is -2.61. The van der Waals surface area contributed by atoms with Crippen LogP contribution in [-0.2, 0) is 5.60 Å². The van der Waals surface area contributed by atoms with Crippen molar-refractivity contribution in [2.45, 2.75) is 109 Å². The first-order valence-corrected chi connectivity index (χ1v) is 14.0. The quantitative estimate of drug-likeness (QED) is 0.584. The van der Waals surface area contributed by atoms with E-state index in [0.29, 0.717) is 23.8 Å². The molecule has 0 unspecified atom stereocenters. The van der Waals surface area contributed by atoms with E-state index in [2.05, 4.69) is 23.4 Å². The van der Waals surface area contributed by atoms with Crippen LogP contribution in [0.4, 0.5) is 0 Å². The summed E-state index contributed by atoms with van der Waals surface area (Å²) in [6, 6.07) is 3.87. The highest BCUT2D eigenvalue weighted by Gasteiger charge is 2.67. The minimum absolute atomic E-state index is 0.182. The summed E-state index contributed by atoms with van der Waals surface area (Å²) >= 11 is 0. The summed E-state index contributed by atoms with van der Waals surface area (Å²) < 4.78 is 7.47. The van der Waals surface area contributed by atoms with Crippen LogP contribution in [0.1, 0.15) is 109 Å². The molecule has 0 amide bonds. The van der Waals surface area contributed by atoms with Gasteiger partial charge >= 0.3 is 5.63 Å². The Kier molecular flexibility index (Phi) is 5.45. The second-order valence-electron chi connectivity index (χ2n) is 13.5. The summed E-state index contributed by atoms with van der Waals surface area (Å²) in [6.07, 6.45) is 15.3. The maximum absolute atomic E-state index is 12.4. The molecular formula is C30H42N2O4. The van der Waals surface area contributed by atoms with Crippen molar-refractivity contribution < 1.29 is 14.6 Å². The fraction of sp³-hybridized carbons (Fsp3) is 0.733. The fourth-order valence-corrected chi connectivity index (χ4v) is 9.43. The minimum atomic E-state index is -0.916. The van der Waals surface area contributed by atoms with Crippen molar-refractivity contribution in [3.8, 4) is 0 Å². The van der Waals surface area contributed by atoms with Crippen LogP contribution in [0, 0.1) is 28.6 Å². The monoisotopic (exact) mass is 494 g/mol. The van der Waals surface area contributed by atoms with E-state index in [9.17, 15) is 15.0 Å². The summed E-state index contributed by atoms with van der Waals surface area (Å²) in [6.45, 7) is 8.41. The van der Waals surface area contributed by atoms with E-state index in [1.165, 1.54) is 25.3 Å². The third-order valence-corrected chi connectivity index (χ3v) is 11.6. The number of aromatic nitrogens is 2. The molecule has 2 aromatic heterocycles. The van der Waals surface area contributed by atoms with Gasteiger partial charge in [-0.25, -0.2) is 9.78 Å². The van der Waals surface area contributed by atoms with E-state index in [0.717, 1.165) is 49.8 Å². The van der Waals surface area contributed by atoms with Crippen LogP contribution >= 0.6 is 0 Å². The smallest absolute Gasteiger partial charge is 0.335 e. The Morgan fingerprint density at radius 1 is 1.06 bits per heavy atom. The highest BCUT2D eigenvalue weighted by atomic mass is 16.4. The van der Waals surface area contributed by atoms with Gasteiger partial charge in [-0.15, -0.1) is 0 Å². The molecule has 6 heteroatoms. The molecule has 0 spiro atoms. The van der Waals surface area contributed by atoms with E-state index in [-0.39, 0.29) is 22.4 Å². The first kappa shape index (κ1) is 24.4. The highest BCUT2D eigenvalue weighted by Crippen LogP contribution is 2.70. The standard InChI is InChI=1S/C30H42N2O4/c1-27(2,34)25-16-32(18-31-25)21-9-12-28(3)20(15-21)6-7-24-23(28)10-13-29(4)22(11-14-30(24,29)35)19-5-8-26(33)36-17-19/h5,8,16-18,20-24,34-35H,6-7,9-15H2,1-4H3/t20-,21+,22-,23+,24-,28+,29-,30+/m1/s1.